The molecule has 1 aromatic carbocycles. The summed E-state index contributed by atoms with van der Waals surface area (Å²) in [6.45, 7) is 4.84. The van der Waals surface area contributed by atoms with Crippen LogP contribution in [0.3, 0.4) is 0 Å². The van der Waals surface area contributed by atoms with E-state index >= 15 is 0 Å². The number of hydrogen-bond donors (Lipinski definition) is 1. The lowest BCUT2D eigenvalue weighted by molar-refractivity contribution is 0.0946. The number of nitrogens with zero attached hydrogens (tertiary/aromatic N) is 4. The normalized spacial score (nSPS) is 13.5. The molecule has 3 heterocycles. The Bertz CT molecular complexity index is 888. The zero-order chi connectivity index (χ0) is 17.2. The van der Waals surface area contributed by atoms with Crippen LogP contribution >= 0.6 is 0 Å². The van der Waals surface area contributed by atoms with E-state index in [1.807, 2.05) is 23.7 Å². The van der Waals surface area contributed by atoms with Gasteiger partial charge in [-0.3, -0.25) is 9.48 Å². The fourth-order valence-corrected chi connectivity index (χ4v) is 3.16. The average molecular weight is 339 g/mol. The second-order valence-corrected chi connectivity index (χ2v) is 6.23. The highest BCUT2D eigenvalue weighted by Gasteiger charge is 2.17. The summed E-state index contributed by atoms with van der Waals surface area (Å²) in [4.78, 5) is 12.2. The van der Waals surface area contributed by atoms with Gasteiger partial charge in [-0.2, -0.15) is 10.2 Å². The van der Waals surface area contributed by atoms with E-state index in [9.17, 15) is 4.79 Å². The number of rotatable bonds is 5. The van der Waals surface area contributed by atoms with Crippen molar-refractivity contribution in [2.45, 2.75) is 32.9 Å². The van der Waals surface area contributed by atoms with Gasteiger partial charge in [-0.25, -0.2) is 4.68 Å². The van der Waals surface area contributed by atoms with E-state index in [0.29, 0.717) is 24.7 Å². The first-order valence-corrected chi connectivity index (χ1v) is 8.63. The molecule has 0 bridgehead atoms. The third-order valence-corrected chi connectivity index (χ3v) is 4.41. The number of carbonyl (C=O) groups excluding carboxylic acids is 1. The lowest BCUT2D eigenvalue weighted by Crippen LogP contribution is -2.26. The molecule has 1 aliphatic heterocycles. The van der Waals surface area contributed by atoms with E-state index in [1.54, 1.807) is 10.7 Å². The summed E-state index contributed by atoms with van der Waals surface area (Å²) >= 11 is 0. The Labute approximate surface area is 145 Å². The Hall–Kier alpha value is -2.83. The number of hydrogen-bond acceptors (Lipinski definition) is 4. The summed E-state index contributed by atoms with van der Waals surface area (Å²) in [5, 5.41) is 13.0. The van der Waals surface area contributed by atoms with E-state index < -0.39 is 0 Å². The summed E-state index contributed by atoms with van der Waals surface area (Å²) in [6.07, 6.45) is 1.73. The lowest BCUT2D eigenvalue weighted by atomic mass is 10.2. The molecule has 3 aromatic rings. The van der Waals surface area contributed by atoms with Crippen molar-refractivity contribution < 1.29 is 9.53 Å². The van der Waals surface area contributed by atoms with Crippen LogP contribution in [-0.4, -0.2) is 38.6 Å². The molecule has 4 rings (SSSR count). The number of aromatic nitrogens is 4. The fourth-order valence-electron chi connectivity index (χ4n) is 3.16. The molecule has 0 fully saturated rings. The second kappa shape index (κ2) is 6.58. The van der Waals surface area contributed by atoms with Gasteiger partial charge in [0.05, 0.1) is 17.8 Å². The van der Waals surface area contributed by atoms with Crippen molar-refractivity contribution in [2.24, 2.45) is 0 Å². The molecule has 0 radical (unpaired) electrons. The molecule has 0 spiro atoms. The van der Waals surface area contributed by atoms with Crippen LogP contribution in [0.2, 0.25) is 0 Å². The van der Waals surface area contributed by atoms with Crippen LogP contribution in [0.25, 0.3) is 10.9 Å². The van der Waals surface area contributed by atoms with Gasteiger partial charge >= 0.3 is 0 Å². The number of benzene rings is 1. The van der Waals surface area contributed by atoms with E-state index in [2.05, 4.69) is 27.6 Å². The predicted molar refractivity (Wildman–Crippen MR) is 93.8 cm³/mol. The van der Waals surface area contributed by atoms with Gasteiger partial charge in [0.25, 0.3) is 5.91 Å². The highest BCUT2D eigenvalue weighted by atomic mass is 16.5. The van der Waals surface area contributed by atoms with Crippen LogP contribution in [0, 0.1) is 6.92 Å². The Morgan fingerprint density at radius 3 is 3.08 bits per heavy atom. The van der Waals surface area contributed by atoms with Crippen molar-refractivity contribution in [2.75, 3.05) is 13.2 Å². The third-order valence-electron chi connectivity index (χ3n) is 4.41. The number of ether oxygens (including phenoxy) is 1. The Morgan fingerprint density at radius 2 is 2.20 bits per heavy atom. The molecule has 7 heteroatoms. The molecule has 0 saturated heterocycles. The van der Waals surface area contributed by atoms with Crippen LogP contribution < -0.4 is 10.1 Å². The summed E-state index contributed by atoms with van der Waals surface area (Å²) in [6, 6.07) is 9.90. The van der Waals surface area contributed by atoms with Crippen LogP contribution in [-0.2, 0) is 13.1 Å². The van der Waals surface area contributed by atoms with Crippen molar-refractivity contribution in [3.63, 3.8) is 0 Å². The molecule has 0 atom stereocenters. The minimum absolute atomic E-state index is 0.160. The molecule has 0 unspecified atom stereocenters. The SMILES string of the molecule is Cc1nn(CCCNC(=O)c2cc3n(n2)CCCO3)c2ccccc12. The van der Waals surface area contributed by atoms with Crippen molar-refractivity contribution >= 4 is 16.8 Å². The molecule has 130 valence electrons. The first-order chi connectivity index (χ1) is 12.2. The van der Waals surface area contributed by atoms with Crippen molar-refractivity contribution in [1.29, 1.82) is 0 Å². The standard InChI is InChI=1S/C18H21N5O2/c1-13-14-6-2-3-7-16(14)22(20-13)9-4-8-19-18(24)15-12-17-23(21-15)10-5-11-25-17/h2-3,6-7,12H,4-5,8-11H2,1H3,(H,19,24). The molecule has 0 saturated carbocycles. The number of aryl methyl sites for hydroxylation is 3. The quantitative estimate of drug-likeness (QED) is 0.723. The fraction of sp³-hybridized carbons (Fsp3) is 0.389. The summed E-state index contributed by atoms with van der Waals surface area (Å²) in [5.74, 6) is 0.516. The first-order valence-electron chi connectivity index (χ1n) is 8.63. The third kappa shape index (κ3) is 3.09. The van der Waals surface area contributed by atoms with Gasteiger partial charge in [-0.05, 0) is 19.4 Å². The highest BCUT2D eigenvalue weighted by Crippen LogP contribution is 2.19. The maximum absolute atomic E-state index is 12.2. The number of nitrogens with one attached hydrogen (secondary N) is 1. The van der Waals surface area contributed by atoms with Crippen molar-refractivity contribution in [1.82, 2.24) is 24.9 Å². The second-order valence-electron chi connectivity index (χ2n) is 6.23. The van der Waals surface area contributed by atoms with Gasteiger partial charge in [-0.15, -0.1) is 0 Å². The summed E-state index contributed by atoms with van der Waals surface area (Å²) < 4.78 is 9.24. The molecule has 1 amide bonds. The lowest BCUT2D eigenvalue weighted by Gasteiger charge is -2.13. The predicted octanol–water partition coefficient (Wildman–Crippen LogP) is 2.14. The monoisotopic (exact) mass is 339 g/mol. The molecule has 25 heavy (non-hydrogen) atoms. The molecule has 0 aliphatic carbocycles. The van der Waals surface area contributed by atoms with Gasteiger partial charge in [0.15, 0.2) is 5.69 Å². The van der Waals surface area contributed by atoms with Crippen LogP contribution in [0.5, 0.6) is 5.88 Å². The molecular formula is C18H21N5O2. The van der Waals surface area contributed by atoms with Gasteiger partial charge in [0.2, 0.25) is 5.88 Å². The largest absolute Gasteiger partial charge is 0.478 e. The zero-order valence-corrected chi connectivity index (χ0v) is 14.2. The smallest absolute Gasteiger partial charge is 0.271 e. The molecule has 1 N–H and O–H groups in total. The zero-order valence-electron chi connectivity index (χ0n) is 14.2. The van der Waals surface area contributed by atoms with E-state index in [-0.39, 0.29) is 5.91 Å². The van der Waals surface area contributed by atoms with Gasteiger partial charge in [-0.1, -0.05) is 18.2 Å². The Balaban J connectivity index is 1.33. The topological polar surface area (TPSA) is 74.0 Å². The summed E-state index contributed by atoms with van der Waals surface area (Å²) in [7, 11) is 0. The van der Waals surface area contributed by atoms with Crippen molar-refractivity contribution in [3.8, 4) is 5.88 Å². The van der Waals surface area contributed by atoms with E-state index in [0.717, 1.165) is 37.1 Å². The Kier molecular flexibility index (Phi) is 4.13. The van der Waals surface area contributed by atoms with Gasteiger partial charge in [0, 0.05) is 37.5 Å². The highest BCUT2D eigenvalue weighted by molar-refractivity contribution is 5.92. The maximum atomic E-state index is 12.2. The number of para-hydroxylation sites is 1. The number of fused-ring (bicyclic) bond motifs is 2. The first kappa shape index (κ1) is 15.7. The van der Waals surface area contributed by atoms with Crippen LogP contribution in [0.15, 0.2) is 30.3 Å². The van der Waals surface area contributed by atoms with Gasteiger partial charge < -0.3 is 10.1 Å². The van der Waals surface area contributed by atoms with Crippen molar-refractivity contribution in [3.05, 3.63) is 41.7 Å². The molecule has 7 nitrogen and oxygen atoms in total. The number of carbonyl (C=O) groups is 1. The Morgan fingerprint density at radius 1 is 1.32 bits per heavy atom. The maximum Gasteiger partial charge on any atom is 0.271 e. The van der Waals surface area contributed by atoms with E-state index in [4.69, 9.17) is 4.74 Å². The minimum atomic E-state index is -0.160. The van der Waals surface area contributed by atoms with Crippen LogP contribution in [0.4, 0.5) is 0 Å². The van der Waals surface area contributed by atoms with E-state index in [1.165, 1.54) is 5.39 Å². The minimum Gasteiger partial charge on any atom is -0.478 e. The molecule has 1 aliphatic rings. The average Bonchev–Trinajstić information content (AvgIpc) is 3.21. The summed E-state index contributed by atoms with van der Waals surface area (Å²) in [5.41, 5.74) is 2.57. The number of amides is 1. The van der Waals surface area contributed by atoms with Gasteiger partial charge in [0.1, 0.15) is 0 Å². The molecule has 2 aromatic heterocycles. The molecular weight excluding hydrogens is 318 g/mol. The van der Waals surface area contributed by atoms with Crippen LogP contribution in [0.1, 0.15) is 29.0 Å².